The fraction of sp³-hybridized carbons (Fsp3) is 0.611. The first kappa shape index (κ1) is 19.0. The van der Waals surface area contributed by atoms with Crippen LogP contribution in [0.3, 0.4) is 0 Å². The van der Waals surface area contributed by atoms with Crippen molar-refractivity contribution in [2.75, 3.05) is 38.8 Å². The Bertz CT molecular complexity index is 808. The molecular formula is C18H26N2O5S. The molecule has 0 aromatic heterocycles. The number of hydrogen-bond donors (Lipinski definition) is 1. The van der Waals surface area contributed by atoms with E-state index in [0.29, 0.717) is 24.5 Å². The van der Waals surface area contributed by atoms with Crippen LogP contribution in [-0.2, 0) is 27.6 Å². The van der Waals surface area contributed by atoms with Crippen molar-refractivity contribution >= 4 is 15.7 Å². The molecule has 1 saturated heterocycles. The summed E-state index contributed by atoms with van der Waals surface area (Å²) < 4.78 is 34.1. The summed E-state index contributed by atoms with van der Waals surface area (Å²) in [6, 6.07) is 3.96. The van der Waals surface area contributed by atoms with E-state index in [4.69, 9.17) is 9.47 Å². The molecule has 0 saturated carbocycles. The molecule has 0 unspecified atom stereocenters. The Balaban J connectivity index is 1.63. The minimum atomic E-state index is -3.04. The molecule has 8 heteroatoms. The molecule has 0 spiro atoms. The van der Waals surface area contributed by atoms with Gasteiger partial charge in [-0.15, -0.1) is 0 Å². The predicted molar refractivity (Wildman–Crippen MR) is 98.3 cm³/mol. The van der Waals surface area contributed by atoms with Gasteiger partial charge in [0, 0.05) is 13.1 Å². The Morgan fingerprint density at radius 2 is 1.88 bits per heavy atom. The van der Waals surface area contributed by atoms with Crippen molar-refractivity contribution in [1.29, 1.82) is 0 Å². The Hall–Kier alpha value is -1.80. The maximum absolute atomic E-state index is 12.4. The fourth-order valence-electron chi connectivity index (χ4n) is 3.76. The summed E-state index contributed by atoms with van der Waals surface area (Å²) in [6.07, 6.45) is 1.30. The second-order valence-electron chi connectivity index (χ2n) is 7.39. The fourth-order valence-corrected chi connectivity index (χ4v) is 5.86. The van der Waals surface area contributed by atoms with Crippen molar-refractivity contribution in [1.82, 2.24) is 10.2 Å². The van der Waals surface area contributed by atoms with Crippen LogP contribution < -0.4 is 14.8 Å². The lowest BCUT2D eigenvalue weighted by Gasteiger charge is -2.31. The second kappa shape index (κ2) is 7.08. The van der Waals surface area contributed by atoms with Crippen molar-refractivity contribution in [3.63, 3.8) is 0 Å². The molecule has 1 N–H and O–H groups in total. The lowest BCUT2D eigenvalue weighted by molar-refractivity contribution is -0.124. The first-order valence-corrected chi connectivity index (χ1v) is 10.5. The number of rotatable bonds is 5. The third kappa shape index (κ3) is 4.12. The van der Waals surface area contributed by atoms with Gasteiger partial charge >= 0.3 is 0 Å². The summed E-state index contributed by atoms with van der Waals surface area (Å²) in [4.78, 5) is 14.5. The molecule has 0 bridgehead atoms. The number of fused-ring (bicyclic) bond motifs is 1. The molecule has 1 atom stereocenters. The second-order valence-corrected chi connectivity index (χ2v) is 9.57. The van der Waals surface area contributed by atoms with E-state index in [1.54, 1.807) is 21.1 Å². The van der Waals surface area contributed by atoms with Crippen LogP contribution in [-0.4, -0.2) is 63.6 Å². The smallest absolute Gasteiger partial charge is 0.234 e. The van der Waals surface area contributed by atoms with Crippen LogP contribution in [0.5, 0.6) is 11.5 Å². The molecule has 26 heavy (non-hydrogen) atoms. The quantitative estimate of drug-likeness (QED) is 0.809. The van der Waals surface area contributed by atoms with Gasteiger partial charge in [-0.2, -0.15) is 0 Å². The van der Waals surface area contributed by atoms with Crippen LogP contribution in [0.4, 0.5) is 0 Å². The molecule has 2 aliphatic rings. The van der Waals surface area contributed by atoms with Gasteiger partial charge in [-0.3, -0.25) is 9.69 Å². The van der Waals surface area contributed by atoms with E-state index in [1.165, 1.54) is 5.56 Å². The van der Waals surface area contributed by atoms with E-state index in [2.05, 4.69) is 10.2 Å². The third-order valence-electron chi connectivity index (χ3n) is 5.11. The number of nitrogens with one attached hydrogen (secondary N) is 1. The Morgan fingerprint density at radius 3 is 2.46 bits per heavy atom. The van der Waals surface area contributed by atoms with Gasteiger partial charge in [0.1, 0.15) is 0 Å². The van der Waals surface area contributed by atoms with E-state index in [9.17, 15) is 13.2 Å². The minimum absolute atomic E-state index is 0.0194. The molecule has 1 aromatic carbocycles. The number of nitrogens with zero attached hydrogens (tertiary/aromatic N) is 1. The van der Waals surface area contributed by atoms with Gasteiger partial charge in [0.15, 0.2) is 21.3 Å². The number of carbonyl (C=O) groups is 1. The number of sulfone groups is 1. The molecule has 1 aromatic rings. The number of methoxy groups -OCH3 is 2. The van der Waals surface area contributed by atoms with E-state index < -0.39 is 15.4 Å². The highest BCUT2D eigenvalue weighted by Gasteiger charge is 2.39. The summed E-state index contributed by atoms with van der Waals surface area (Å²) in [6.45, 7) is 3.48. The van der Waals surface area contributed by atoms with Crippen molar-refractivity contribution in [3.05, 3.63) is 23.3 Å². The van der Waals surface area contributed by atoms with Crippen LogP contribution >= 0.6 is 0 Å². The molecule has 7 nitrogen and oxygen atoms in total. The monoisotopic (exact) mass is 382 g/mol. The van der Waals surface area contributed by atoms with Crippen LogP contribution in [0.25, 0.3) is 0 Å². The van der Waals surface area contributed by atoms with Gasteiger partial charge < -0.3 is 14.8 Å². The number of benzene rings is 1. The van der Waals surface area contributed by atoms with Crippen LogP contribution in [0.15, 0.2) is 12.1 Å². The van der Waals surface area contributed by atoms with Gasteiger partial charge in [0.25, 0.3) is 0 Å². The molecule has 3 rings (SSSR count). The maximum Gasteiger partial charge on any atom is 0.234 e. The first-order valence-electron chi connectivity index (χ1n) is 8.71. The molecule has 0 aliphatic carbocycles. The molecule has 144 valence electrons. The largest absolute Gasteiger partial charge is 0.493 e. The van der Waals surface area contributed by atoms with E-state index >= 15 is 0 Å². The summed E-state index contributed by atoms with van der Waals surface area (Å²) in [5, 5.41) is 2.92. The molecule has 2 heterocycles. The highest BCUT2D eigenvalue weighted by atomic mass is 32.2. The van der Waals surface area contributed by atoms with Gasteiger partial charge in [-0.1, -0.05) is 0 Å². The lowest BCUT2D eigenvalue weighted by Crippen LogP contribution is -2.50. The van der Waals surface area contributed by atoms with Crippen molar-refractivity contribution in [2.45, 2.75) is 31.8 Å². The SMILES string of the molecule is COc1cc2c(cc1OC)CN(CC(=O)N[C@]1(C)CCS(=O)(=O)C1)CC2. The molecule has 1 fully saturated rings. The van der Waals surface area contributed by atoms with Gasteiger partial charge in [-0.05, 0) is 43.0 Å². The highest BCUT2D eigenvalue weighted by Crippen LogP contribution is 2.33. The van der Waals surface area contributed by atoms with Crippen molar-refractivity contribution in [3.8, 4) is 11.5 Å². The maximum atomic E-state index is 12.4. The summed E-state index contributed by atoms with van der Waals surface area (Å²) in [5.74, 6) is 1.43. The van der Waals surface area contributed by atoms with Crippen molar-refractivity contribution < 1.29 is 22.7 Å². The first-order chi connectivity index (χ1) is 12.2. The van der Waals surface area contributed by atoms with Gasteiger partial charge in [-0.25, -0.2) is 8.42 Å². The average molecular weight is 382 g/mol. The highest BCUT2D eigenvalue weighted by molar-refractivity contribution is 7.91. The average Bonchev–Trinajstić information content (AvgIpc) is 2.85. The summed E-state index contributed by atoms with van der Waals surface area (Å²) in [5.41, 5.74) is 1.67. The molecular weight excluding hydrogens is 356 g/mol. The standard InChI is InChI=1S/C18H26N2O5S/c1-18(5-7-26(22,23)12-18)19-17(21)11-20-6-4-13-8-15(24-2)16(25-3)9-14(13)10-20/h8-9H,4-7,10-12H2,1-3H3,(H,19,21)/t18-/m1/s1. The van der Waals surface area contributed by atoms with E-state index in [-0.39, 0.29) is 24.0 Å². The zero-order chi connectivity index (χ0) is 18.9. The summed E-state index contributed by atoms with van der Waals surface area (Å²) >= 11 is 0. The van der Waals surface area contributed by atoms with E-state index in [0.717, 1.165) is 18.5 Å². The Kier molecular flexibility index (Phi) is 5.16. The number of hydrogen-bond acceptors (Lipinski definition) is 6. The third-order valence-corrected chi connectivity index (χ3v) is 7.01. The van der Waals surface area contributed by atoms with Crippen LogP contribution in [0.2, 0.25) is 0 Å². The lowest BCUT2D eigenvalue weighted by atomic mass is 9.98. The zero-order valence-electron chi connectivity index (χ0n) is 15.5. The normalized spacial score (nSPS) is 24.7. The van der Waals surface area contributed by atoms with Crippen molar-refractivity contribution in [2.24, 2.45) is 0 Å². The minimum Gasteiger partial charge on any atom is -0.493 e. The number of carbonyl (C=O) groups excluding carboxylic acids is 1. The summed E-state index contributed by atoms with van der Waals surface area (Å²) in [7, 11) is 0.183. The predicted octanol–water partition coefficient (Wildman–Crippen LogP) is 0.755. The Labute approximate surface area is 154 Å². The van der Waals surface area contributed by atoms with Crippen LogP contribution in [0.1, 0.15) is 24.5 Å². The zero-order valence-corrected chi connectivity index (χ0v) is 16.3. The topological polar surface area (TPSA) is 84.9 Å². The van der Waals surface area contributed by atoms with Gasteiger partial charge in [0.05, 0.1) is 37.8 Å². The number of ether oxygens (including phenoxy) is 2. The van der Waals surface area contributed by atoms with E-state index in [1.807, 2.05) is 12.1 Å². The molecule has 1 amide bonds. The molecule has 0 radical (unpaired) electrons. The number of amides is 1. The molecule has 2 aliphatic heterocycles. The Morgan fingerprint density at radius 1 is 1.23 bits per heavy atom. The van der Waals surface area contributed by atoms with Crippen LogP contribution in [0, 0.1) is 0 Å². The van der Waals surface area contributed by atoms with Gasteiger partial charge in [0.2, 0.25) is 5.91 Å².